The number of rotatable bonds is 3. The van der Waals surface area contributed by atoms with Gasteiger partial charge in [-0.05, 0) is 42.8 Å². The zero-order chi connectivity index (χ0) is 17.5. The molecule has 0 aromatic heterocycles. The Bertz CT molecular complexity index is 915. The second-order valence-electron chi connectivity index (χ2n) is 5.66. The Morgan fingerprint density at radius 3 is 2.54 bits per heavy atom. The van der Waals surface area contributed by atoms with E-state index in [4.69, 9.17) is 16.7 Å². The first-order valence-electron chi connectivity index (χ1n) is 7.20. The average Bonchev–Trinajstić information content (AvgIpc) is 2.88. The van der Waals surface area contributed by atoms with E-state index in [-0.39, 0.29) is 22.4 Å². The van der Waals surface area contributed by atoms with Gasteiger partial charge in [-0.2, -0.15) is 0 Å². The van der Waals surface area contributed by atoms with E-state index in [1.54, 1.807) is 0 Å². The van der Waals surface area contributed by atoms with Crippen LogP contribution in [0.1, 0.15) is 5.56 Å². The number of amides is 1. The number of nitrogens with zero attached hydrogens (tertiary/aromatic N) is 2. The minimum Gasteiger partial charge on any atom is -0.344 e. The van der Waals surface area contributed by atoms with Crippen molar-refractivity contribution in [3.63, 3.8) is 0 Å². The molecule has 2 aromatic rings. The van der Waals surface area contributed by atoms with Crippen molar-refractivity contribution in [2.24, 2.45) is 5.14 Å². The third-order valence-corrected chi connectivity index (χ3v) is 5.06. The molecule has 1 amide bonds. The summed E-state index contributed by atoms with van der Waals surface area (Å²) in [5.41, 5.74) is 2.52. The molecule has 0 radical (unpaired) electrons. The third-order valence-electron chi connectivity index (χ3n) is 3.84. The van der Waals surface area contributed by atoms with Crippen molar-refractivity contribution < 1.29 is 13.2 Å². The number of hydrogen-bond donors (Lipinski definition) is 1. The van der Waals surface area contributed by atoms with E-state index in [0.717, 1.165) is 11.3 Å². The fraction of sp³-hybridized carbons (Fsp3) is 0.188. The Morgan fingerprint density at radius 1 is 1.17 bits per heavy atom. The normalized spacial score (nSPS) is 15.2. The summed E-state index contributed by atoms with van der Waals surface area (Å²) in [6, 6.07) is 12.0. The Kier molecular flexibility index (Phi) is 4.25. The summed E-state index contributed by atoms with van der Waals surface area (Å²) >= 11 is 6.17. The maximum absolute atomic E-state index is 12.4. The second-order valence-corrected chi connectivity index (χ2v) is 7.63. The first kappa shape index (κ1) is 16.8. The largest absolute Gasteiger partial charge is 0.344 e. The lowest BCUT2D eigenvalue weighted by atomic mass is 10.2. The summed E-state index contributed by atoms with van der Waals surface area (Å²) in [6.45, 7) is 2.56. The van der Waals surface area contributed by atoms with Crippen LogP contribution in [-0.2, 0) is 14.8 Å². The standard InChI is InChI=1S/C16H16ClN3O3S/c1-11-3-2-4-12(7-11)19-9-16(21)20(10-19)15-6-5-13(8-14(15)17)24(18,22)23/h2-8H,9-10H2,1H3,(H2,18,22,23). The van der Waals surface area contributed by atoms with E-state index >= 15 is 0 Å². The van der Waals surface area contributed by atoms with Crippen molar-refractivity contribution in [3.05, 3.63) is 53.1 Å². The third kappa shape index (κ3) is 3.24. The van der Waals surface area contributed by atoms with Gasteiger partial charge < -0.3 is 4.90 Å². The second kappa shape index (κ2) is 6.08. The number of carbonyl (C=O) groups excluding carboxylic acids is 1. The van der Waals surface area contributed by atoms with Crippen LogP contribution in [0.2, 0.25) is 5.02 Å². The van der Waals surface area contributed by atoms with Gasteiger partial charge in [0.25, 0.3) is 0 Å². The van der Waals surface area contributed by atoms with E-state index in [9.17, 15) is 13.2 Å². The lowest BCUT2D eigenvalue weighted by Gasteiger charge is -2.21. The average molecular weight is 366 g/mol. The van der Waals surface area contributed by atoms with Gasteiger partial charge in [0.15, 0.2) is 0 Å². The molecule has 0 saturated carbocycles. The minimum absolute atomic E-state index is 0.0848. The highest BCUT2D eigenvalue weighted by Gasteiger charge is 2.30. The van der Waals surface area contributed by atoms with E-state index in [1.165, 1.54) is 23.1 Å². The van der Waals surface area contributed by atoms with Crippen molar-refractivity contribution in [1.82, 2.24) is 0 Å². The highest BCUT2D eigenvalue weighted by Crippen LogP contribution is 2.31. The van der Waals surface area contributed by atoms with Gasteiger partial charge in [0, 0.05) is 5.69 Å². The Balaban J connectivity index is 1.90. The maximum Gasteiger partial charge on any atom is 0.248 e. The molecule has 3 rings (SSSR count). The fourth-order valence-corrected chi connectivity index (χ4v) is 3.53. The minimum atomic E-state index is -3.84. The summed E-state index contributed by atoms with van der Waals surface area (Å²) < 4.78 is 22.8. The molecule has 8 heteroatoms. The lowest BCUT2D eigenvalue weighted by Crippen LogP contribution is -2.27. The van der Waals surface area contributed by atoms with Crippen LogP contribution in [0.5, 0.6) is 0 Å². The van der Waals surface area contributed by atoms with Crippen molar-refractivity contribution in [2.45, 2.75) is 11.8 Å². The van der Waals surface area contributed by atoms with E-state index < -0.39 is 10.0 Å². The summed E-state index contributed by atoms with van der Waals surface area (Å²) in [5.74, 6) is -0.109. The van der Waals surface area contributed by atoms with Gasteiger partial charge in [-0.15, -0.1) is 0 Å². The van der Waals surface area contributed by atoms with Gasteiger partial charge in [-0.3, -0.25) is 9.69 Å². The number of sulfonamides is 1. The van der Waals surface area contributed by atoms with Crippen LogP contribution >= 0.6 is 11.6 Å². The van der Waals surface area contributed by atoms with Gasteiger partial charge in [-0.1, -0.05) is 23.7 Å². The zero-order valence-corrected chi connectivity index (χ0v) is 14.5. The number of anilines is 2. The number of nitrogens with two attached hydrogens (primary N) is 1. The molecule has 0 unspecified atom stereocenters. The predicted molar refractivity (Wildman–Crippen MR) is 93.7 cm³/mol. The molecular formula is C16H16ClN3O3S. The number of carbonyl (C=O) groups is 1. The SMILES string of the molecule is Cc1cccc(N2CC(=O)N(c3ccc(S(N)(=O)=O)cc3Cl)C2)c1. The van der Waals surface area contributed by atoms with E-state index in [0.29, 0.717) is 12.4 Å². The van der Waals surface area contributed by atoms with E-state index in [1.807, 2.05) is 36.1 Å². The first-order chi connectivity index (χ1) is 11.3. The first-order valence-corrected chi connectivity index (χ1v) is 9.12. The molecular weight excluding hydrogens is 350 g/mol. The molecule has 1 heterocycles. The molecule has 0 atom stereocenters. The van der Waals surface area contributed by atoms with Gasteiger partial charge >= 0.3 is 0 Å². The molecule has 1 saturated heterocycles. The Hall–Kier alpha value is -2.09. The Morgan fingerprint density at radius 2 is 1.92 bits per heavy atom. The molecule has 1 aliphatic rings. The van der Waals surface area contributed by atoms with Crippen LogP contribution in [0.3, 0.4) is 0 Å². The van der Waals surface area contributed by atoms with Crippen LogP contribution in [0, 0.1) is 6.92 Å². The quantitative estimate of drug-likeness (QED) is 0.902. The van der Waals surface area contributed by atoms with Crippen molar-refractivity contribution in [1.29, 1.82) is 0 Å². The highest BCUT2D eigenvalue weighted by atomic mass is 35.5. The monoisotopic (exact) mass is 365 g/mol. The van der Waals surface area contributed by atoms with Gasteiger partial charge in [0.05, 0.1) is 28.8 Å². The van der Waals surface area contributed by atoms with Crippen LogP contribution < -0.4 is 14.9 Å². The smallest absolute Gasteiger partial charge is 0.248 e. The molecule has 0 bridgehead atoms. The van der Waals surface area contributed by atoms with Crippen LogP contribution in [-0.4, -0.2) is 27.5 Å². The topological polar surface area (TPSA) is 83.7 Å². The molecule has 2 N–H and O–H groups in total. The van der Waals surface area contributed by atoms with Crippen LogP contribution in [0.4, 0.5) is 11.4 Å². The molecule has 6 nitrogen and oxygen atoms in total. The summed E-state index contributed by atoms with van der Waals surface area (Å²) in [7, 11) is -3.84. The molecule has 0 aliphatic carbocycles. The zero-order valence-electron chi connectivity index (χ0n) is 12.9. The number of aryl methyl sites for hydroxylation is 1. The van der Waals surface area contributed by atoms with Crippen molar-refractivity contribution >= 4 is 38.9 Å². The predicted octanol–water partition coefficient (Wildman–Crippen LogP) is 2.11. The van der Waals surface area contributed by atoms with Gasteiger partial charge in [0.2, 0.25) is 15.9 Å². The van der Waals surface area contributed by atoms with Gasteiger partial charge in [0.1, 0.15) is 0 Å². The van der Waals surface area contributed by atoms with Crippen LogP contribution in [0.15, 0.2) is 47.4 Å². The van der Waals surface area contributed by atoms with Crippen molar-refractivity contribution in [3.8, 4) is 0 Å². The van der Waals surface area contributed by atoms with Crippen LogP contribution in [0.25, 0.3) is 0 Å². The maximum atomic E-state index is 12.4. The summed E-state index contributed by atoms with van der Waals surface area (Å²) in [6.07, 6.45) is 0. The lowest BCUT2D eigenvalue weighted by molar-refractivity contribution is -0.115. The van der Waals surface area contributed by atoms with Crippen molar-refractivity contribution in [2.75, 3.05) is 23.0 Å². The van der Waals surface area contributed by atoms with E-state index in [2.05, 4.69) is 0 Å². The van der Waals surface area contributed by atoms with Gasteiger partial charge in [-0.25, -0.2) is 13.6 Å². The number of benzene rings is 2. The molecule has 1 aliphatic heterocycles. The number of halogens is 1. The molecule has 2 aromatic carbocycles. The number of hydrogen-bond acceptors (Lipinski definition) is 4. The number of primary sulfonamides is 1. The summed E-state index contributed by atoms with van der Waals surface area (Å²) in [5, 5.41) is 5.26. The molecule has 1 fully saturated rings. The fourth-order valence-electron chi connectivity index (χ4n) is 2.64. The Labute approximate surface area is 145 Å². The molecule has 24 heavy (non-hydrogen) atoms. The summed E-state index contributed by atoms with van der Waals surface area (Å²) in [4.78, 5) is 15.7. The molecule has 0 spiro atoms. The molecule has 126 valence electrons. The highest BCUT2D eigenvalue weighted by molar-refractivity contribution is 7.89.